The molecule has 0 saturated carbocycles. The first-order valence-electron chi connectivity index (χ1n) is 3.96. The van der Waals surface area contributed by atoms with E-state index in [2.05, 4.69) is 24.6 Å². The predicted molar refractivity (Wildman–Crippen MR) is 50.4 cm³/mol. The summed E-state index contributed by atoms with van der Waals surface area (Å²) in [6.07, 6.45) is 0.956. The van der Waals surface area contributed by atoms with Crippen molar-refractivity contribution >= 4 is 21.9 Å². The molecular weight excluding hydrogens is 224 g/mol. The number of carbonyl (C=O) groups excluding carboxylic acids is 1. The third-order valence-electron chi connectivity index (χ3n) is 1.47. The van der Waals surface area contributed by atoms with Gasteiger partial charge in [0, 0.05) is 0 Å². The van der Waals surface area contributed by atoms with Gasteiger partial charge in [-0.3, -0.25) is 9.52 Å². The van der Waals surface area contributed by atoms with Crippen LogP contribution < -0.4 is 4.72 Å². The molecule has 0 fully saturated rings. The van der Waals surface area contributed by atoms with Crippen LogP contribution in [0.4, 0.5) is 5.95 Å². The van der Waals surface area contributed by atoms with Gasteiger partial charge in [0.15, 0.2) is 0 Å². The average molecular weight is 234 g/mol. The van der Waals surface area contributed by atoms with Crippen molar-refractivity contribution in [3.63, 3.8) is 0 Å². The standard InChI is InChI=1S/C6H10N4O4S/c1-14-5(11)2-3-15(12,13)10-6-7-4-8-9-6/h4H,2-3H2,1H3,(H2,7,8,9,10). The molecule has 84 valence electrons. The molecule has 0 amide bonds. The number of H-pyrrole nitrogens is 1. The Morgan fingerprint density at radius 3 is 2.93 bits per heavy atom. The molecule has 0 spiro atoms. The van der Waals surface area contributed by atoms with Crippen LogP contribution in [0.1, 0.15) is 6.42 Å². The molecule has 2 N–H and O–H groups in total. The second kappa shape index (κ2) is 4.73. The number of sulfonamides is 1. The van der Waals surface area contributed by atoms with E-state index in [1.54, 1.807) is 0 Å². The molecule has 0 aliphatic rings. The van der Waals surface area contributed by atoms with Gasteiger partial charge in [-0.1, -0.05) is 0 Å². The Kier molecular flexibility index (Phi) is 3.61. The maximum Gasteiger partial charge on any atom is 0.306 e. The molecule has 8 nitrogen and oxygen atoms in total. The SMILES string of the molecule is COC(=O)CCS(=O)(=O)Nc1ncn[nH]1. The fourth-order valence-corrected chi connectivity index (χ4v) is 1.70. The number of hydrogen-bond acceptors (Lipinski definition) is 6. The number of methoxy groups -OCH3 is 1. The van der Waals surface area contributed by atoms with Crippen LogP contribution in [0, 0.1) is 0 Å². The highest BCUT2D eigenvalue weighted by Crippen LogP contribution is 2.00. The largest absolute Gasteiger partial charge is 0.469 e. The quantitative estimate of drug-likeness (QED) is 0.639. The Bertz CT molecular complexity index is 412. The summed E-state index contributed by atoms with van der Waals surface area (Å²) in [7, 11) is -2.40. The van der Waals surface area contributed by atoms with Crippen LogP contribution in [0.25, 0.3) is 0 Å². The smallest absolute Gasteiger partial charge is 0.306 e. The van der Waals surface area contributed by atoms with Crippen molar-refractivity contribution in [3.05, 3.63) is 6.33 Å². The van der Waals surface area contributed by atoms with E-state index in [-0.39, 0.29) is 18.1 Å². The van der Waals surface area contributed by atoms with Gasteiger partial charge in [0.25, 0.3) is 0 Å². The Morgan fingerprint density at radius 2 is 2.40 bits per heavy atom. The van der Waals surface area contributed by atoms with Crippen LogP contribution in [0.5, 0.6) is 0 Å². The molecule has 0 bridgehead atoms. The summed E-state index contributed by atoms with van der Waals surface area (Å²) in [6, 6.07) is 0. The molecule has 1 heterocycles. The molecule has 0 unspecified atom stereocenters. The third-order valence-corrected chi connectivity index (χ3v) is 2.72. The molecule has 0 aromatic carbocycles. The normalized spacial score (nSPS) is 11.0. The van der Waals surface area contributed by atoms with E-state index in [4.69, 9.17) is 0 Å². The van der Waals surface area contributed by atoms with Crippen LogP contribution in [-0.2, 0) is 19.6 Å². The first-order valence-corrected chi connectivity index (χ1v) is 5.61. The topological polar surface area (TPSA) is 114 Å². The number of aromatic nitrogens is 3. The minimum Gasteiger partial charge on any atom is -0.469 e. The van der Waals surface area contributed by atoms with Gasteiger partial charge in [-0.2, -0.15) is 10.1 Å². The van der Waals surface area contributed by atoms with E-state index in [1.165, 1.54) is 7.11 Å². The predicted octanol–water partition coefficient (Wildman–Crippen LogP) is -0.890. The van der Waals surface area contributed by atoms with E-state index in [0.29, 0.717) is 0 Å². The lowest BCUT2D eigenvalue weighted by Crippen LogP contribution is -2.20. The van der Waals surface area contributed by atoms with Gasteiger partial charge in [0.2, 0.25) is 16.0 Å². The van der Waals surface area contributed by atoms with Gasteiger partial charge in [-0.05, 0) is 0 Å². The van der Waals surface area contributed by atoms with Gasteiger partial charge in [0.1, 0.15) is 6.33 Å². The first kappa shape index (κ1) is 11.4. The number of ether oxygens (including phenoxy) is 1. The van der Waals surface area contributed by atoms with E-state index in [9.17, 15) is 13.2 Å². The highest BCUT2D eigenvalue weighted by atomic mass is 32.2. The molecule has 0 radical (unpaired) electrons. The van der Waals surface area contributed by atoms with Crippen LogP contribution in [0.3, 0.4) is 0 Å². The highest BCUT2D eigenvalue weighted by molar-refractivity contribution is 7.92. The van der Waals surface area contributed by atoms with Crippen molar-refractivity contribution in [3.8, 4) is 0 Å². The molecule has 1 rings (SSSR count). The summed E-state index contributed by atoms with van der Waals surface area (Å²) < 4.78 is 29.1. The second-order valence-corrected chi connectivity index (χ2v) is 4.42. The first-order chi connectivity index (χ1) is 7.03. The molecule has 1 aromatic heterocycles. The van der Waals surface area contributed by atoms with Crippen molar-refractivity contribution in [2.24, 2.45) is 0 Å². The monoisotopic (exact) mass is 234 g/mol. The number of rotatable bonds is 5. The number of nitrogens with one attached hydrogen (secondary N) is 2. The zero-order valence-electron chi connectivity index (χ0n) is 7.93. The number of nitrogens with zero attached hydrogens (tertiary/aromatic N) is 2. The number of hydrogen-bond donors (Lipinski definition) is 2. The Balaban J connectivity index is 2.50. The molecule has 0 atom stereocenters. The van der Waals surface area contributed by atoms with Crippen LogP contribution in [0.2, 0.25) is 0 Å². The number of esters is 1. The summed E-state index contributed by atoms with van der Waals surface area (Å²) in [6.45, 7) is 0. The fraction of sp³-hybridized carbons (Fsp3) is 0.500. The van der Waals surface area contributed by atoms with Crippen molar-refractivity contribution in [1.82, 2.24) is 15.2 Å². The molecule has 0 aliphatic carbocycles. The van der Waals surface area contributed by atoms with Crippen molar-refractivity contribution in [2.45, 2.75) is 6.42 Å². The lowest BCUT2D eigenvalue weighted by Gasteiger charge is -2.03. The molecule has 0 saturated heterocycles. The van der Waals surface area contributed by atoms with Crippen molar-refractivity contribution in [1.29, 1.82) is 0 Å². The second-order valence-electron chi connectivity index (χ2n) is 2.58. The van der Waals surface area contributed by atoms with E-state index in [0.717, 1.165) is 6.33 Å². The van der Waals surface area contributed by atoms with E-state index < -0.39 is 16.0 Å². The minimum atomic E-state index is -3.59. The maximum atomic E-state index is 11.3. The summed E-state index contributed by atoms with van der Waals surface area (Å²) in [5, 5.41) is 5.79. The lowest BCUT2D eigenvalue weighted by atomic mass is 10.5. The Hall–Kier alpha value is -1.64. The van der Waals surface area contributed by atoms with E-state index in [1.807, 2.05) is 0 Å². The van der Waals surface area contributed by atoms with Gasteiger partial charge in [-0.15, -0.1) is 0 Å². The van der Waals surface area contributed by atoms with Crippen molar-refractivity contribution in [2.75, 3.05) is 17.6 Å². The van der Waals surface area contributed by atoms with Crippen molar-refractivity contribution < 1.29 is 17.9 Å². The molecular formula is C6H10N4O4S. The zero-order valence-corrected chi connectivity index (χ0v) is 8.74. The van der Waals surface area contributed by atoms with Gasteiger partial charge >= 0.3 is 5.97 Å². The molecule has 0 aliphatic heterocycles. The Morgan fingerprint density at radius 1 is 1.67 bits per heavy atom. The third kappa shape index (κ3) is 3.94. The van der Waals surface area contributed by atoms with Gasteiger partial charge in [0.05, 0.1) is 19.3 Å². The summed E-state index contributed by atoms with van der Waals surface area (Å²) in [5.74, 6) is -0.932. The zero-order chi connectivity index (χ0) is 11.3. The summed E-state index contributed by atoms with van der Waals surface area (Å²) in [4.78, 5) is 14.3. The maximum absolute atomic E-state index is 11.3. The van der Waals surface area contributed by atoms with E-state index >= 15 is 0 Å². The number of aromatic amines is 1. The number of carbonyl (C=O) groups is 1. The van der Waals surface area contributed by atoms with Crippen LogP contribution in [0.15, 0.2) is 6.33 Å². The van der Waals surface area contributed by atoms with Crippen LogP contribution >= 0.6 is 0 Å². The highest BCUT2D eigenvalue weighted by Gasteiger charge is 2.14. The fourth-order valence-electron chi connectivity index (χ4n) is 0.773. The Labute approximate surface area is 86.1 Å². The minimum absolute atomic E-state index is 0.0138. The van der Waals surface area contributed by atoms with Gasteiger partial charge < -0.3 is 4.74 Å². The number of anilines is 1. The van der Waals surface area contributed by atoms with Crippen LogP contribution in [-0.4, -0.2) is 42.4 Å². The molecule has 9 heteroatoms. The average Bonchev–Trinajstić information content (AvgIpc) is 2.66. The van der Waals surface area contributed by atoms with Gasteiger partial charge in [-0.25, -0.2) is 13.5 Å². The lowest BCUT2D eigenvalue weighted by molar-refractivity contribution is -0.140. The molecule has 15 heavy (non-hydrogen) atoms. The molecule has 1 aromatic rings. The summed E-state index contributed by atoms with van der Waals surface area (Å²) >= 11 is 0. The summed E-state index contributed by atoms with van der Waals surface area (Å²) in [5.41, 5.74) is 0.